The second kappa shape index (κ2) is 23.4. The summed E-state index contributed by atoms with van der Waals surface area (Å²) in [6, 6.07) is 6.23. The van der Waals surface area contributed by atoms with Crippen LogP contribution in [0.3, 0.4) is 0 Å². The van der Waals surface area contributed by atoms with Crippen molar-refractivity contribution in [3.05, 3.63) is 24.3 Å². The molecule has 0 radical (unpaired) electrons. The molecular formula is C22H28N4O4S. The maximum atomic E-state index is 9.82. The SMILES string of the molecule is O=C=NCCCCCCSCCCCCCN=C=O.O=C=Nc1ccc(N=C=O)cc1. The summed E-state index contributed by atoms with van der Waals surface area (Å²) in [6.45, 7) is 1.26. The second-order valence-electron chi connectivity index (χ2n) is 6.31. The van der Waals surface area contributed by atoms with Crippen molar-refractivity contribution in [1.82, 2.24) is 0 Å². The molecule has 0 aliphatic heterocycles. The van der Waals surface area contributed by atoms with Crippen LogP contribution in [-0.2, 0) is 19.2 Å². The molecule has 1 aromatic carbocycles. The van der Waals surface area contributed by atoms with Crippen LogP contribution in [0.25, 0.3) is 0 Å². The van der Waals surface area contributed by atoms with Crippen LogP contribution in [0.15, 0.2) is 44.2 Å². The Hall–Kier alpha value is -2.91. The van der Waals surface area contributed by atoms with E-state index in [0.717, 1.165) is 25.7 Å². The molecule has 1 aromatic rings. The van der Waals surface area contributed by atoms with Crippen LogP contribution in [0.5, 0.6) is 0 Å². The van der Waals surface area contributed by atoms with Gasteiger partial charge in [-0.2, -0.15) is 21.7 Å². The summed E-state index contributed by atoms with van der Waals surface area (Å²) in [5, 5.41) is 0. The van der Waals surface area contributed by atoms with E-state index >= 15 is 0 Å². The summed E-state index contributed by atoms with van der Waals surface area (Å²) in [5.74, 6) is 2.46. The highest BCUT2D eigenvalue weighted by molar-refractivity contribution is 7.99. The quantitative estimate of drug-likeness (QED) is 0.199. The highest BCUT2D eigenvalue weighted by atomic mass is 32.2. The highest BCUT2D eigenvalue weighted by Gasteiger charge is 1.93. The van der Waals surface area contributed by atoms with Gasteiger partial charge in [0.25, 0.3) is 0 Å². The van der Waals surface area contributed by atoms with Crippen molar-refractivity contribution in [1.29, 1.82) is 0 Å². The number of aliphatic imine (C=N–C) groups is 4. The van der Waals surface area contributed by atoms with E-state index in [9.17, 15) is 19.2 Å². The lowest BCUT2D eigenvalue weighted by Gasteiger charge is -2.01. The lowest BCUT2D eigenvalue weighted by Crippen LogP contribution is -1.88. The zero-order valence-electron chi connectivity index (χ0n) is 17.6. The summed E-state index contributed by atoms with van der Waals surface area (Å²) >= 11 is 2.02. The van der Waals surface area contributed by atoms with Gasteiger partial charge in [0.1, 0.15) is 0 Å². The highest BCUT2D eigenvalue weighted by Crippen LogP contribution is 2.17. The fourth-order valence-corrected chi connectivity index (χ4v) is 3.42. The van der Waals surface area contributed by atoms with Crippen molar-refractivity contribution < 1.29 is 19.2 Å². The van der Waals surface area contributed by atoms with Gasteiger partial charge in [-0.15, -0.1) is 0 Å². The fourth-order valence-electron chi connectivity index (χ4n) is 2.40. The molecule has 31 heavy (non-hydrogen) atoms. The van der Waals surface area contributed by atoms with E-state index in [2.05, 4.69) is 20.0 Å². The van der Waals surface area contributed by atoms with Gasteiger partial charge in [0.05, 0.1) is 24.5 Å². The predicted octanol–water partition coefficient (Wildman–Crippen LogP) is 5.13. The van der Waals surface area contributed by atoms with Crippen LogP contribution in [-0.4, -0.2) is 48.9 Å². The molecule has 0 fully saturated rings. The molecule has 0 unspecified atom stereocenters. The number of unbranched alkanes of at least 4 members (excludes halogenated alkanes) is 6. The predicted molar refractivity (Wildman–Crippen MR) is 122 cm³/mol. The van der Waals surface area contributed by atoms with Crippen molar-refractivity contribution in [2.45, 2.75) is 51.4 Å². The Morgan fingerprint density at radius 2 is 0.935 bits per heavy atom. The molecule has 0 aliphatic rings. The Kier molecular flexibility index (Phi) is 21.2. The normalized spacial score (nSPS) is 9.03. The van der Waals surface area contributed by atoms with Crippen LogP contribution in [0.2, 0.25) is 0 Å². The van der Waals surface area contributed by atoms with Gasteiger partial charge in [-0.05, 0) is 61.5 Å². The van der Waals surface area contributed by atoms with Crippen LogP contribution in [0.4, 0.5) is 11.4 Å². The van der Waals surface area contributed by atoms with Gasteiger partial charge in [-0.25, -0.2) is 29.2 Å². The van der Waals surface area contributed by atoms with E-state index < -0.39 is 0 Å². The van der Waals surface area contributed by atoms with E-state index in [-0.39, 0.29) is 0 Å². The van der Waals surface area contributed by atoms with Gasteiger partial charge >= 0.3 is 0 Å². The summed E-state index contributed by atoms with van der Waals surface area (Å²) in [7, 11) is 0. The van der Waals surface area contributed by atoms with Gasteiger partial charge < -0.3 is 0 Å². The first-order valence-electron chi connectivity index (χ1n) is 10.2. The molecule has 0 amide bonds. The monoisotopic (exact) mass is 444 g/mol. The maximum Gasteiger partial charge on any atom is 0.240 e. The number of hydrogen-bond acceptors (Lipinski definition) is 9. The standard InChI is InChI=1S/C14H24N2O2S.C8H4N2O2/c17-13-15-9-5-1-3-7-11-19-12-8-4-2-6-10-16-14-18;11-5-9-7-1-2-8(4-3-7)10-6-12/h1-12H2;1-4H. The largest absolute Gasteiger partial charge is 0.240 e. The zero-order valence-corrected chi connectivity index (χ0v) is 18.4. The summed E-state index contributed by atoms with van der Waals surface area (Å²) in [5.41, 5.74) is 0.963. The molecule has 0 bridgehead atoms. The summed E-state index contributed by atoms with van der Waals surface area (Å²) in [4.78, 5) is 53.0. The first-order valence-corrected chi connectivity index (χ1v) is 11.3. The number of nitrogens with zero attached hydrogens (tertiary/aromatic N) is 4. The molecule has 0 atom stereocenters. The second-order valence-corrected chi connectivity index (χ2v) is 7.53. The van der Waals surface area contributed by atoms with E-state index in [0.29, 0.717) is 24.5 Å². The van der Waals surface area contributed by atoms with Crippen molar-refractivity contribution in [3.8, 4) is 0 Å². The average molecular weight is 445 g/mol. The van der Waals surface area contributed by atoms with Gasteiger partial charge in [0, 0.05) is 0 Å². The Labute approximate surface area is 187 Å². The van der Waals surface area contributed by atoms with Gasteiger partial charge in [0.15, 0.2) is 0 Å². The number of isocyanates is 4. The topological polar surface area (TPSA) is 118 Å². The number of benzene rings is 1. The number of thioether (sulfide) groups is 1. The molecule has 0 heterocycles. The first kappa shape index (κ1) is 28.1. The van der Waals surface area contributed by atoms with Crippen LogP contribution >= 0.6 is 11.8 Å². The lowest BCUT2D eigenvalue weighted by molar-refractivity contribution is 0.560. The van der Waals surface area contributed by atoms with Crippen LogP contribution in [0.1, 0.15) is 51.4 Å². The first-order chi connectivity index (χ1) is 15.3. The molecule has 166 valence electrons. The van der Waals surface area contributed by atoms with E-state index in [1.165, 1.54) is 49.3 Å². The van der Waals surface area contributed by atoms with Crippen molar-refractivity contribution in [2.24, 2.45) is 20.0 Å². The lowest BCUT2D eigenvalue weighted by atomic mass is 10.2. The molecule has 0 spiro atoms. The van der Waals surface area contributed by atoms with E-state index in [1.807, 2.05) is 11.8 Å². The minimum absolute atomic E-state index is 0.481. The molecule has 0 N–H and O–H groups in total. The fraction of sp³-hybridized carbons (Fsp3) is 0.545. The van der Waals surface area contributed by atoms with Crippen molar-refractivity contribution in [3.63, 3.8) is 0 Å². The third-order valence-corrected chi connectivity index (χ3v) is 5.10. The van der Waals surface area contributed by atoms with E-state index in [4.69, 9.17) is 0 Å². The molecule has 8 nitrogen and oxygen atoms in total. The van der Waals surface area contributed by atoms with Crippen molar-refractivity contribution >= 4 is 47.5 Å². The van der Waals surface area contributed by atoms with Crippen LogP contribution in [0, 0.1) is 0 Å². The molecule has 9 heteroatoms. The van der Waals surface area contributed by atoms with Crippen molar-refractivity contribution in [2.75, 3.05) is 24.6 Å². The molecular weight excluding hydrogens is 416 g/mol. The average Bonchev–Trinajstić information content (AvgIpc) is 2.79. The maximum absolute atomic E-state index is 9.82. The minimum Gasteiger partial charge on any atom is -0.211 e. The number of hydrogen-bond donors (Lipinski definition) is 0. The number of carbonyl (C=O) groups excluding carboxylic acids is 4. The Morgan fingerprint density at radius 1 is 0.548 bits per heavy atom. The minimum atomic E-state index is 0.481. The van der Waals surface area contributed by atoms with Gasteiger partial charge in [-0.3, -0.25) is 0 Å². The summed E-state index contributed by atoms with van der Waals surface area (Å²) in [6.07, 6.45) is 15.2. The summed E-state index contributed by atoms with van der Waals surface area (Å²) < 4.78 is 0. The molecule has 0 saturated carbocycles. The van der Waals surface area contributed by atoms with Gasteiger partial charge in [0.2, 0.25) is 24.3 Å². The third kappa shape index (κ3) is 20.2. The molecule has 1 rings (SSSR count). The molecule has 0 saturated heterocycles. The Bertz CT molecular complexity index is 710. The number of rotatable bonds is 16. The molecule has 0 aliphatic carbocycles. The van der Waals surface area contributed by atoms with Gasteiger partial charge in [-0.1, -0.05) is 25.7 Å². The Morgan fingerprint density at radius 3 is 1.29 bits per heavy atom. The van der Waals surface area contributed by atoms with Crippen LogP contribution < -0.4 is 0 Å². The zero-order chi connectivity index (χ0) is 22.8. The third-order valence-electron chi connectivity index (χ3n) is 3.95. The molecule has 0 aromatic heterocycles. The Balaban J connectivity index is 0.000000639. The smallest absolute Gasteiger partial charge is 0.211 e. The van der Waals surface area contributed by atoms with E-state index in [1.54, 1.807) is 36.4 Å².